The third-order valence-electron chi connectivity index (χ3n) is 1.20. The Labute approximate surface area is 92.2 Å². The Kier molecular flexibility index (Phi) is 3.23. The molecule has 0 bridgehead atoms. The van der Waals surface area contributed by atoms with Crippen LogP contribution in [0.4, 0.5) is 0 Å². The van der Waals surface area contributed by atoms with E-state index in [4.69, 9.17) is 4.74 Å². The molecule has 0 saturated heterocycles. The molecule has 1 aromatic rings. The van der Waals surface area contributed by atoms with Crippen LogP contribution in [0.2, 0.25) is 0 Å². The van der Waals surface area contributed by atoms with Gasteiger partial charge >= 0.3 is 0 Å². The summed E-state index contributed by atoms with van der Waals surface area (Å²) in [5.74, 6) is 0.990. The number of ether oxygens (including phenoxy) is 1. The number of halogens is 2. The third kappa shape index (κ3) is 2.11. The topological polar surface area (TPSA) is 29.5 Å². The van der Waals surface area contributed by atoms with Crippen LogP contribution in [0.25, 0.3) is 0 Å². The van der Waals surface area contributed by atoms with E-state index in [1.165, 1.54) is 0 Å². The molecule has 0 atom stereocenters. The quantitative estimate of drug-likeness (QED) is 0.764. The average molecular weight is 376 g/mol. The summed E-state index contributed by atoms with van der Waals surface area (Å²) >= 11 is 4.17. The smallest absolute Gasteiger partial charge is 0.136 e. The van der Waals surface area contributed by atoms with Crippen molar-refractivity contribution in [1.29, 1.82) is 0 Å². The second-order valence-electron chi connectivity index (χ2n) is 1.94. The summed E-state index contributed by atoms with van der Waals surface area (Å²) in [5, 5.41) is 9.32. The van der Waals surface area contributed by atoms with Gasteiger partial charge in [0.25, 0.3) is 0 Å². The molecule has 60 valence electrons. The molecule has 1 rings (SSSR count). The van der Waals surface area contributed by atoms with Crippen LogP contribution in [0.5, 0.6) is 11.5 Å². The summed E-state index contributed by atoms with van der Waals surface area (Å²) in [6.45, 7) is 0. The van der Waals surface area contributed by atoms with E-state index in [0.29, 0.717) is 0 Å². The number of methoxy groups -OCH3 is 1. The van der Waals surface area contributed by atoms with Gasteiger partial charge in [0.1, 0.15) is 11.5 Å². The van der Waals surface area contributed by atoms with E-state index < -0.39 is 0 Å². The molecule has 11 heavy (non-hydrogen) atoms. The minimum Gasteiger partial charge on any atom is -0.507 e. The highest BCUT2D eigenvalue weighted by molar-refractivity contribution is 14.1. The van der Waals surface area contributed by atoms with Crippen LogP contribution in [-0.2, 0) is 0 Å². The zero-order chi connectivity index (χ0) is 8.43. The van der Waals surface area contributed by atoms with E-state index in [-0.39, 0.29) is 5.75 Å². The van der Waals surface area contributed by atoms with Gasteiger partial charge in [0, 0.05) is 3.57 Å². The Morgan fingerprint density at radius 1 is 1.36 bits per heavy atom. The van der Waals surface area contributed by atoms with Crippen LogP contribution in [-0.4, -0.2) is 12.2 Å². The summed E-state index contributed by atoms with van der Waals surface area (Å²) in [6.07, 6.45) is 0. The van der Waals surface area contributed by atoms with Crippen LogP contribution in [0, 0.1) is 7.14 Å². The lowest BCUT2D eigenvalue weighted by Gasteiger charge is -2.04. The van der Waals surface area contributed by atoms with Crippen molar-refractivity contribution >= 4 is 45.2 Å². The molecular formula is C7H6I2O2. The predicted octanol–water partition coefficient (Wildman–Crippen LogP) is 2.61. The number of aromatic hydroxyl groups is 1. The third-order valence-corrected chi connectivity index (χ3v) is 2.91. The van der Waals surface area contributed by atoms with Crippen molar-refractivity contribution in [3.8, 4) is 11.5 Å². The monoisotopic (exact) mass is 376 g/mol. The standard InChI is InChI=1S/C7H6I2O2/c1-11-6-3-4(8)2-5(10)7(6)9/h2-3,10H,1H3. The van der Waals surface area contributed by atoms with Crippen molar-refractivity contribution in [2.45, 2.75) is 0 Å². The molecule has 0 unspecified atom stereocenters. The molecule has 2 nitrogen and oxygen atoms in total. The van der Waals surface area contributed by atoms with Gasteiger partial charge in [-0.15, -0.1) is 0 Å². The molecule has 0 spiro atoms. The second kappa shape index (κ2) is 3.79. The molecule has 0 aromatic heterocycles. The maximum Gasteiger partial charge on any atom is 0.136 e. The van der Waals surface area contributed by atoms with Crippen molar-refractivity contribution in [2.24, 2.45) is 0 Å². The first-order valence-corrected chi connectivity index (χ1v) is 5.03. The highest BCUT2D eigenvalue weighted by Crippen LogP contribution is 2.31. The van der Waals surface area contributed by atoms with Crippen LogP contribution in [0.15, 0.2) is 12.1 Å². The van der Waals surface area contributed by atoms with Gasteiger partial charge in [0.15, 0.2) is 0 Å². The largest absolute Gasteiger partial charge is 0.507 e. The van der Waals surface area contributed by atoms with Crippen LogP contribution in [0.3, 0.4) is 0 Å². The van der Waals surface area contributed by atoms with Crippen molar-refractivity contribution in [3.05, 3.63) is 19.3 Å². The Bertz CT molecular complexity index is 273. The zero-order valence-corrected chi connectivity index (χ0v) is 10.1. The van der Waals surface area contributed by atoms with Gasteiger partial charge in [0.05, 0.1) is 10.7 Å². The molecule has 1 aromatic carbocycles. The first-order valence-electron chi connectivity index (χ1n) is 2.87. The maximum atomic E-state index is 9.32. The predicted molar refractivity (Wildman–Crippen MR) is 60.1 cm³/mol. The summed E-state index contributed by atoms with van der Waals surface area (Å²) in [7, 11) is 1.59. The van der Waals surface area contributed by atoms with E-state index in [9.17, 15) is 5.11 Å². The van der Waals surface area contributed by atoms with E-state index in [1.807, 2.05) is 28.7 Å². The molecular weight excluding hydrogens is 370 g/mol. The van der Waals surface area contributed by atoms with E-state index in [1.54, 1.807) is 13.2 Å². The Morgan fingerprint density at radius 2 is 2.00 bits per heavy atom. The fourth-order valence-electron chi connectivity index (χ4n) is 0.699. The van der Waals surface area contributed by atoms with Crippen LogP contribution < -0.4 is 4.74 Å². The van der Waals surface area contributed by atoms with Crippen molar-refractivity contribution in [3.63, 3.8) is 0 Å². The number of phenolic OH excluding ortho intramolecular Hbond substituents is 1. The van der Waals surface area contributed by atoms with E-state index in [0.717, 1.165) is 12.9 Å². The molecule has 0 heterocycles. The van der Waals surface area contributed by atoms with Gasteiger partial charge in [-0.25, -0.2) is 0 Å². The fourth-order valence-corrected chi connectivity index (χ4v) is 1.81. The van der Waals surface area contributed by atoms with Crippen molar-refractivity contribution in [2.75, 3.05) is 7.11 Å². The normalized spacial score (nSPS) is 9.73. The van der Waals surface area contributed by atoms with Crippen LogP contribution >= 0.6 is 45.2 Å². The van der Waals surface area contributed by atoms with Gasteiger partial charge in [-0.2, -0.15) is 0 Å². The minimum atomic E-state index is 0.273. The second-order valence-corrected chi connectivity index (χ2v) is 4.27. The summed E-state index contributed by atoms with van der Waals surface area (Å²) in [6, 6.07) is 3.58. The summed E-state index contributed by atoms with van der Waals surface area (Å²) < 4.78 is 6.76. The average Bonchev–Trinajstić information content (AvgIpc) is 1.96. The molecule has 0 aliphatic heterocycles. The molecule has 4 heteroatoms. The lowest BCUT2D eigenvalue weighted by atomic mass is 10.3. The van der Waals surface area contributed by atoms with E-state index in [2.05, 4.69) is 22.6 Å². The molecule has 1 N–H and O–H groups in total. The Balaban J connectivity index is 3.24. The SMILES string of the molecule is COc1cc(I)cc(O)c1I. The highest BCUT2D eigenvalue weighted by Gasteiger charge is 2.05. The van der Waals surface area contributed by atoms with Crippen molar-refractivity contribution in [1.82, 2.24) is 0 Å². The zero-order valence-electron chi connectivity index (χ0n) is 5.77. The molecule has 0 radical (unpaired) electrons. The first-order chi connectivity index (χ1) is 5.15. The van der Waals surface area contributed by atoms with E-state index >= 15 is 0 Å². The maximum absolute atomic E-state index is 9.32. The number of hydrogen-bond donors (Lipinski definition) is 1. The first kappa shape index (κ1) is 9.37. The number of hydrogen-bond acceptors (Lipinski definition) is 2. The van der Waals surface area contributed by atoms with Crippen LogP contribution in [0.1, 0.15) is 0 Å². The highest BCUT2D eigenvalue weighted by atomic mass is 127. The van der Waals surface area contributed by atoms with Gasteiger partial charge < -0.3 is 9.84 Å². The minimum absolute atomic E-state index is 0.273. The number of phenols is 1. The lowest BCUT2D eigenvalue weighted by molar-refractivity contribution is 0.402. The van der Waals surface area contributed by atoms with Gasteiger partial charge in [0.2, 0.25) is 0 Å². The van der Waals surface area contributed by atoms with Gasteiger partial charge in [-0.1, -0.05) is 0 Å². The molecule has 0 fully saturated rings. The Hall–Kier alpha value is 0.280. The molecule has 0 amide bonds. The summed E-state index contributed by atoms with van der Waals surface area (Å²) in [5.41, 5.74) is 0. The van der Waals surface area contributed by atoms with Gasteiger partial charge in [-0.05, 0) is 57.3 Å². The molecule has 0 aliphatic carbocycles. The van der Waals surface area contributed by atoms with Crippen molar-refractivity contribution < 1.29 is 9.84 Å². The summed E-state index contributed by atoms with van der Waals surface area (Å²) in [4.78, 5) is 0. The number of rotatable bonds is 1. The number of benzene rings is 1. The molecule has 0 saturated carbocycles. The Morgan fingerprint density at radius 3 is 2.55 bits per heavy atom. The molecule has 0 aliphatic rings. The van der Waals surface area contributed by atoms with Gasteiger partial charge in [-0.3, -0.25) is 0 Å². The lowest BCUT2D eigenvalue weighted by Crippen LogP contribution is -1.87. The fraction of sp³-hybridized carbons (Fsp3) is 0.143.